The lowest BCUT2D eigenvalue weighted by Gasteiger charge is -2.28. The maximum Gasteiger partial charge on any atom is 0.0490 e. The summed E-state index contributed by atoms with van der Waals surface area (Å²) in [5.41, 5.74) is 11.1. The number of fused-ring (bicyclic) bond motifs is 2. The summed E-state index contributed by atoms with van der Waals surface area (Å²) < 4.78 is 0. The minimum atomic E-state index is 0.0286. The van der Waals surface area contributed by atoms with Crippen LogP contribution in [0.1, 0.15) is 38.8 Å². The van der Waals surface area contributed by atoms with Crippen molar-refractivity contribution in [2.75, 3.05) is 4.90 Å². The van der Waals surface area contributed by atoms with Crippen LogP contribution in [-0.4, -0.2) is 0 Å². The van der Waals surface area contributed by atoms with Crippen molar-refractivity contribution < 1.29 is 0 Å². The Morgan fingerprint density at radius 1 is 0.511 bits per heavy atom. The molecule has 0 unspecified atom stereocenters. The van der Waals surface area contributed by atoms with E-state index in [0.717, 1.165) is 11.4 Å². The highest BCUT2D eigenvalue weighted by Crippen LogP contribution is 2.46. The number of allylic oxidation sites excluding steroid dienone is 1. The minimum absolute atomic E-state index is 0.0286. The summed E-state index contributed by atoms with van der Waals surface area (Å²) in [4.78, 5) is 2.38. The van der Waals surface area contributed by atoms with Crippen LogP contribution >= 0.6 is 0 Å². The summed E-state index contributed by atoms with van der Waals surface area (Å²) in [5, 5.41) is 5.11. The maximum absolute atomic E-state index is 3.36. The highest BCUT2D eigenvalue weighted by molar-refractivity contribution is 6.21. The second-order valence-electron chi connectivity index (χ2n) is 13.1. The Balaban J connectivity index is 0.00000124. The van der Waals surface area contributed by atoms with Gasteiger partial charge in [0.25, 0.3) is 0 Å². The number of rotatable bonds is 5. The van der Waals surface area contributed by atoms with Crippen molar-refractivity contribution in [3.63, 3.8) is 0 Å². The fourth-order valence-corrected chi connectivity index (χ4v) is 6.49. The third-order valence-electron chi connectivity index (χ3n) is 8.72. The Labute approximate surface area is 280 Å². The van der Waals surface area contributed by atoms with Crippen LogP contribution in [0, 0.1) is 6.92 Å². The minimum Gasteiger partial charge on any atom is -0.310 e. The molecule has 0 saturated heterocycles. The molecule has 47 heavy (non-hydrogen) atoms. The molecule has 0 bridgehead atoms. The van der Waals surface area contributed by atoms with Crippen molar-refractivity contribution in [2.24, 2.45) is 0 Å². The molecule has 0 radical (unpaired) electrons. The number of hydrogen-bond acceptors (Lipinski definition) is 1. The number of aryl methyl sites for hydroxylation is 1. The highest BCUT2D eigenvalue weighted by atomic mass is 15.1. The van der Waals surface area contributed by atoms with E-state index in [1.54, 1.807) is 6.08 Å². The van der Waals surface area contributed by atoms with E-state index in [2.05, 4.69) is 191 Å². The van der Waals surface area contributed by atoms with Gasteiger partial charge in [-0.1, -0.05) is 142 Å². The SMILES string of the molecule is C=CC.Cc1ccccc1N(c1ccccc1)c1cccc(-c2c3ccccc3c(-c3ccccc3)c3ccc(C(C)(C)C)cc23)c1. The number of para-hydroxylation sites is 2. The predicted octanol–water partition coefficient (Wildman–Crippen LogP) is 13.6. The third-order valence-corrected chi connectivity index (χ3v) is 8.72. The lowest BCUT2D eigenvalue weighted by molar-refractivity contribution is 0.591. The molecule has 0 saturated carbocycles. The van der Waals surface area contributed by atoms with Crippen molar-refractivity contribution in [3.05, 3.63) is 175 Å². The molecule has 7 aromatic carbocycles. The molecule has 0 atom stereocenters. The fraction of sp³-hybridized carbons (Fsp3) is 0.130. The monoisotopic (exact) mass is 609 g/mol. The molecule has 0 spiro atoms. The molecule has 0 aliphatic heterocycles. The Hall–Kier alpha value is -5.40. The molecule has 0 aliphatic carbocycles. The molecule has 232 valence electrons. The molecule has 0 aliphatic rings. The number of benzene rings is 7. The number of nitrogens with zero attached hydrogens (tertiary/aromatic N) is 1. The Morgan fingerprint density at radius 3 is 1.66 bits per heavy atom. The van der Waals surface area contributed by atoms with Gasteiger partial charge in [0, 0.05) is 17.1 Å². The summed E-state index contributed by atoms with van der Waals surface area (Å²) in [6.45, 7) is 14.3. The van der Waals surface area contributed by atoms with E-state index in [0.29, 0.717) is 0 Å². The van der Waals surface area contributed by atoms with Crippen molar-refractivity contribution >= 4 is 38.6 Å². The van der Waals surface area contributed by atoms with Gasteiger partial charge in [0.1, 0.15) is 0 Å². The van der Waals surface area contributed by atoms with Crippen LogP contribution in [0.3, 0.4) is 0 Å². The summed E-state index contributed by atoms with van der Waals surface area (Å²) in [7, 11) is 0. The number of hydrogen-bond donors (Lipinski definition) is 0. The van der Waals surface area contributed by atoms with Gasteiger partial charge < -0.3 is 4.90 Å². The van der Waals surface area contributed by atoms with Crippen molar-refractivity contribution in [1.82, 2.24) is 0 Å². The Kier molecular flexibility index (Phi) is 9.09. The summed E-state index contributed by atoms with van der Waals surface area (Å²) in [6, 6.07) is 55.3. The van der Waals surface area contributed by atoms with E-state index in [1.165, 1.54) is 60.6 Å². The van der Waals surface area contributed by atoms with E-state index < -0.39 is 0 Å². The van der Waals surface area contributed by atoms with Gasteiger partial charge in [0.05, 0.1) is 0 Å². The lowest BCUT2D eigenvalue weighted by Crippen LogP contribution is -2.11. The molecule has 1 heteroatoms. The topological polar surface area (TPSA) is 3.24 Å². The molecule has 0 fully saturated rings. The van der Waals surface area contributed by atoms with E-state index in [4.69, 9.17) is 0 Å². The van der Waals surface area contributed by atoms with Gasteiger partial charge >= 0.3 is 0 Å². The van der Waals surface area contributed by atoms with Crippen molar-refractivity contribution in [2.45, 2.75) is 40.0 Å². The molecular formula is C46H43N. The standard InChI is InChI=1S/C43H37N.C3H6/c1-30-16-11-14-25-40(30)44(34-20-9-6-10-21-34)35-22-15-19-32(28-35)42-37-24-13-12-23-36(37)41(31-17-7-5-8-18-31)38-27-26-33(29-39(38)42)43(2,3)4;1-3-2/h5-29H,1-4H3;3H,1H2,2H3. The van der Waals surface area contributed by atoms with Crippen molar-refractivity contribution in [3.8, 4) is 22.3 Å². The average Bonchev–Trinajstić information content (AvgIpc) is 3.09. The molecule has 0 aromatic heterocycles. The van der Waals surface area contributed by atoms with E-state index in [1.807, 2.05) is 6.92 Å². The first-order valence-corrected chi connectivity index (χ1v) is 16.4. The van der Waals surface area contributed by atoms with Crippen LogP contribution < -0.4 is 4.90 Å². The van der Waals surface area contributed by atoms with Crippen molar-refractivity contribution in [1.29, 1.82) is 0 Å². The number of anilines is 3. The molecule has 1 nitrogen and oxygen atoms in total. The molecule has 7 aromatic rings. The smallest absolute Gasteiger partial charge is 0.0490 e. The second-order valence-corrected chi connectivity index (χ2v) is 13.1. The second kappa shape index (κ2) is 13.5. The molecule has 7 rings (SSSR count). The first-order valence-electron chi connectivity index (χ1n) is 16.4. The predicted molar refractivity (Wildman–Crippen MR) is 206 cm³/mol. The summed E-state index contributed by atoms with van der Waals surface area (Å²) in [6.07, 6.45) is 1.75. The van der Waals surface area contributed by atoms with Gasteiger partial charge in [-0.2, -0.15) is 0 Å². The van der Waals surface area contributed by atoms with E-state index in [-0.39, 0.29) is 5.41 Å². The van der Waals surface area contributed by atoms with Gasteiger partial charge in [-0.3, -0.25) is 0 Å². The van der Waals surface area contributed by atoms with Crippen LogP contribution in [0.4, 0.5) is 17.1 Å². The summed E-state index contributed by atoms with van der Waals surface area (Å²) >= 11 is 0. The van der Waals surface area contributed by atoms with Crippen LogP contribution in [0.15, 0.2) is 164 Å². The van der Waals surface area contributed by atoms with Crippen LogP contribution in [-0.2, 0) is 5.41 Å². The van der Waals surface area contributed by atoms with Crippen LogP contribution in [0.2, 0.25) is 0 Å². The zero-order chi connectivity index (χ0) is 33.0. The Morgan fingerprint density at radius 2 is 1.02 bits per heavy atom. The zero-order valence-electron chi connectivity index (χ0n) is 28.2. The first-order chi connectivity index (χ1) is 22.8. The first kappa shape index (κ1) is 31.6. The third kappa shape index (κ3) is 6.35. The Bertz CT molecular complexity index is 2150. The van der Waals surface area contributed by atoms with Crippen LogP contribution in [0.25, 0.3) is 43.8 Å². The fourth-order valence-electron chi connectivity index (χ4n) is 6.49. The van der Waals surface area contributed by atoms with Gasteiger partial charge in [0.2, 0.25) is 0 Å². The van der Waals surface area contributed by atoms with E-state index >= 15 is 0 Å². The van der Waals surface area contributed by atoms with Gasteiger partial charge in [-0.25, -0.2) is 0 Å². The van der Waals surface area contributed by atoms with E-state index in [9.17, 15) is 0 Å². The normalized spacial score (nSPS) is 11.2. The molecular weight excluding hydrogens is 567 g/mol. The van der Waals surface area contributed by atoms with Gasteiger partial charge in [-0.15, -0.1) is 6.58 Å². The zero-order valence-corrected chi connectivity index (χ0v) is 28.2. The highest BCUT2D eigenvalue weighted by Gasteiger charge is 2.21. The molecule has 0 heterocycles. The van der Waals surface area contributed by atoms with Crippen LogP contribution in [0.5, 0.6) is 0 Å². The van der Waals surface area contributed by atoms with Gasteiger partial charge in [0.15, 0.2) is 0 Å². The molecule has 0 N–H and O–H groups in total. The quantitative estimate of drug-likeness (QED) is 0.139. The lowest BCUT2D eigenvalue weighted by atomic mass is 9.81. The molecule has 0 amide bonds. The largest absolute Gasteiger partial charge is 0.310 e. The summed E-state index contributed by atoms with van der Waals surface area (Å²) in [5.74, 6) is 0. The van der Waals surface area contributed by atoms with Gasteiger partial charge in [-0.05, 0) is 111 Å². The average molecular weight is 610 g/mol. The maximum atomic E-state index is 3.36.